The lowest BCUT2D eigenvalue weighted by Crippen LogP contribution is -2.49. The molecule has 0 aromatic heterocycles. The number of aliphatic carboxylic acids is 2. The normalized spacial score (nSPS) is 12.6. The first-order valence-corrected chi connectivity index (χ1v) is 9.75. The van der Waals surface area contributed by atoms with E-state index in [-0.39, 0.29) is 18.6 Å². The minimum atomic E-state index is -1.21. The Hall–Kier alpha value is -2.59. The second kappa shape index (κ2) is 12.0. The van der Waals surface area contributed by atoms with Crippen LogP contribution >= 0.6 is 11.8 Å². The molecule has 2 amide bonds. The first kappa shape index (κ1) is 23.4. The van der Waals surface area contributed by atoms with Gasteiger partial charge in [-0.1, -0.05) is 29.8 Å². The largest absolute Gasteiger partial charge is 0.480 e. The van der Waals surface area contributed by atoms with Crippen molar-refractivity contribution in [3.05, 3.63) is 35.4 Å². The van der Waals surface area contributed by atoms with Gasteiger partial charge in [0.25, 0.3) is 0 Å². The maximum absolute atomic E-state index is 12.2. The lowest BCUT2D eigenvalue weighted by atomic mass is 10.1. The number of benzene rings is 1. The average Bonchev–Trinajstić information content (AvgIpc) is 2.63. The van der Waals surface area contributed by atoms with Gasteiger partial charge in [-0.3, -0.25) is 19.2 Å². The number of thioether (sulfide) groups is 1. The molecule has 1 rings (SSSR count). The van der Waals surface area contributed by atoms with Crippen molar-refractivity contribution in [2.24, 2.45) is 5.73 Å². The third-order valence-electron chi connectivity index (χ3n) is 3.70. The number of nitrogens with one attached hydrogen (secondary N) is 2. The number of nitrogens with two attached hydrogens (primary N) is 1. The van der Waals surface area contributed by atoms with Gasteiger partial charge in [-0.2, -0.15) is 11.8 Å². The predicted molar refractivity (Wildman–Crippen MR) is 105 cm³/mol. The van der Waals surface area contributed by atoms with Crippen molar-refractivity contribution in [2.75, 3.05) is 12.3 Å². The number of carbonyl (C=O) groups excluding carboxylic acids is 2. The molecule has 2 atom stereocenters. The van der Waals surface area contributed by atoms with Gasteiger partial charge in [-0.05, 0) is 18.9 Å². The second-order valence-electron chi connectivity index (χ2n) is 6.22. The van der Waals surface area contributed by atoms with Crippen molar-refractivity contribution in [3.63, 3.8) is 0 Å². The summed E-state index contributed by atoms with van der Waals surface area (Å²) in [6, 6.07) is 5.75. The van der Waals surface area contributed by atoms with E-state index in [1.807, 2.05) is 31.2 Å². The predicted octanol–water partition coefficient (Wildman–Crippen LogP) is 0.106. The molecule has 0 spiro atoms. The molecule has 0 radical (unpaired) electrons. The molecule has 0 heterocycles. The van der Waals surface area contributed by atoms with Crippen LogP contribution in [0.3, 0.4) is 0 Å². The first-order chi connectivity index (χ1) is 13.2. The molecule has 0 aliphatic carbocycles. The Balaban J connectivity index is 2.61. The molecule has 0 aliphatic rings. The molecule has 1 aromatic carbocycles. The summed E-state index contributed by atoms with van der Waals surface area (Å²) in [7, 11) is 0. The van der Waals surface area contributed by atoms with Crippen molar-refractivity contribution < 1.29 is 29.4 Å². The van der Waals surface area contributed by atoms with Crippen LogP contribution in [0.1, 0.15) is 24.0 Å². The van der Waals surface area contributed by atoms with Crippen molar-refractivity contribution in [3.8, 4) is 0 Å². The average molecular weight is 411 g/mol. The number of carboxylic acid groups (broad SMARTS) is 2. The van der Waals surface area contributed by atoms with Gasteiger partial charge in [-0.15, -0.1) is 0 Å². The monoisotopic (exact) mass is 411 g/mol. The Kier molecular flexibility index (Phi) is 10.0. The van der Waals surface area contributed by atoms with Gasteiger partial charge in [0.05, 0.1) is 0 Å². The van der Waals surface area contributed by atoms with Gasteiger partial charge < -0.3 is 26.6 Å². The van der Waals surface area contributed by atoms with E-state index in [4.69, 9.17) is 15.9 Å². The van der Waals surface area contributed by atoms with Crippen LogP contribution in [0.5, 0.6) is 0 Å². The SMILES string of the molecule is Cc1cccc(CSCC(NC(=O)CC[C@H](N)C(=O)O)C(=O)NCC(=O)O)c1. The Morgan fingerprint density at radius 1 is 1.21 bits per heavy atom. The fraction of sp³-hybridized carbons (Fsp3) is 0.444. The number of rotatable bonds is 12. The fourth-order valence-corrected chi connectivity index (χ4v) is 3.25. The third kappa shape index (κ3) is 9.38. The van der Waals surface area contributed by atoms with E-state index in [9.17, 15) is 19.2 Å². The molecule has 0 bridgehead atoms. The van der Waals surface area contributed by atoms with Crippen LogP contribution in [0.15, 0.2) is 24.3 Å². The van der Waals surface area contributed by atoms with Crippen LogP contribution in [-0.2, 0) is 24.9 Å². The summed E-state index contributed by atoms with van der Waals surface area (Å²) in [5.41, 5.74) is 7.54. The van der Waals surface area contributed by atoms with Gasteiger partial charge in [0, 0.05) is 17.9 Å². The molecular weight excluding hydrogens is 386 g/mol. The highest BCUT2D eigenvalue weighted by Gasteiger charge is 2.22. The molecule has 9 nitrogen and oxygen atoms in total. The topological polar surface area (TPSA) is 159 Å². The quantitative estimate of drug-likeness (QED) is 0.324. The summed E-state index contributed by atoms with van der Waals surface area (Å²) < 4.78 is 0. The molecule has 28 heavy (non-hydrogen) atoms. The molecule has 0 aliphatic heterocycles. The fourth-order valence-electron chi connectivity index (χ4n) is 2.24. The molecule has 0 saturated heterocycles. The molecule has 154 valence electrons. The Bertz CT molecular complexity index is 712. The minimum Gasteiger partial charge on any atom is -0.480 e. The van der Waals surface area contributed by atoms with Crippen LogP contribution in [0, 0.1) is 6.92 Å². The van der Waals surface area contributed by atoms with E-state index in [0.717, 1.165) is 11.1 Å². The van der Waals surface area contributed by atoms with Crippen molar-refractivity contribution >= 4 is 35.5 Å². The molecule has 1 aromatic rings. The summed E-state index contributed by atoms with van der Waals surface area (Å²) in [5, 5.41) is 22.2. The van der Waals surface area contributed by atoms with E-state index in [0.29, 0.717) is 5.75 Å². The Morgan fingerprint density at radius 2 is 1.93 bits per heavy atom. The van der Waals surface area contributed by atoms with Crippen molar-refractivity contribution in [2.45, 2.75) is 37.6 Å². The van der Waals surface area contributed by atoms with E-state index in [2.05, 4.69) is 10.6 Å². The number of carbonyl (C=O) groups is 4. The maximum atomic E-state index is 12.2. The van der Waals surface area contributed by atoms with E-state index in [1.165, 1.54) is 11.8 Å². The molecule has 0 fully saturated rings. The molecule has 6 N–H and O–H groups in total. The number of hydrogen-bond acceptors (Lipinski definition) is 6. The first-order valence-electron chi connectivity index (χ1n) is 8.59. The molecule has 0 saturated carbocycles. The summed E-state index contributed by atoms with van der Waals surface area (Å²) >= 11 is 1.42. The molecular formula is C18H25N3O6S. The Labute approximate surface area is 167 Å². The lowest BCUT2D eigenvalue weighted by molar-refractivity contribution is -0.139. The highest BCUT2D eigenvalue weighted by molar-refractivity contribution is 7.98. The minimum absolute atomic E-state index is 0.0684. The van der Waals surface area contributed by atoms with Crippen molar-refractivity contribution in [1.29, 1.82) is 0 Å². The van der Waals surface area contributed by atoms with Gasteiger partial charge in [0.2, 0.25) is 11.8 Å². The van der Waals surface area contributed by atoms with Crippen LogP contribution in [0.2, 0.25) is 0 Å². The smallest absolute Gasteiger partial charge is 0.322 e. The summed E-state index contributed by atoms with van der Waals surface area (Å²) in [6.45, 7) is 1.41. The number of amides is 2. The highest BCUT2D eigenvalue weighted by Crippen LogP contribution is 2.15. The Morgan fingerprint density at radius 3 is 2.54 bits per heavy atom. The zero-order valence-corrected chi connectivity index (χ0v) is 16.3. The number of hydrogen-bond donors (Lipinski definition) is 5. The van der Waals surface area contributed by atoms with Gasteiger partial charge in [0.1, 0.15) is 18.6 Å². The van der Waals surface area contributed by atoms with E-state index < -0.39 is 42.4 Å². The van der Waals surface area contributed by atoms with Gasteiger partial charge in [0.15, 0.2) is 0 Å². The zero-order valence-electron chi connectivity index (χ0n) is 15.5. The number of aryl methyl sites for hydroxylation is 1. The summed E-state index contributed by atoms with van der Waals surface area (Å²) in [5.74, 6) is -2.70. The van der Waals surface area contributed by atoms with Crippen LogP contribution in [0.4, 0.5) is 0 Å². The van der Waals surface area contributed by atoms with Crippen LogP contribution in [-0.4, -0.2) is 58.3 Å². The zero-order chi connectivity index (χ0) is 21.1. The maximum Gasteiger partial charge on any atom is 0.322 e. The van der Waals surface area contributed by atoms with Gasteiger partial charge in [-0.25, -0.2) is 0 Å². The van der Waals surface area contributed by atoms with Crippen LogP contribution in [0.25, 0.3) is 0 Å². The molecule has 1 unspecified atom stereocenters. The van der Waals surface area contributed by atoms with Crippen molar-refractivity contribution in [1.82, 2.24) is 10.6 Å². The molecule has 10 heteroatoms. The number of carboxylic acids is 2. The van der Waals surface area contributed by atoms with Crippen LogP contribution < -0.4 is 16.4 Å². The highest BCUT2D eigenvalue weighted by atomic mass is 32.2. The summed E-state index contributed by atoms with van der Waals surface area (Å²) in [4.78, 5) is 45.6. The van der Waals surface area contributed by atoms with Gasteiger partial charge >= 0.3 is 11.9 Å². The van der Waals surface area contributed by atoms with E-state index >= 15 is 0 Å². The van der Waals surface area contributed by atoms with E-state index in [1.54, 1.807) is 0 Å². The lowest BCUT2D eigenvalue weighted by Gasteiger charge is -2.18. The summed E-state index contributed by atoms with van der Waals surface area (Å²) in [6.07, 6.45) is -0.222. The third-order valence-corrected chi connectivity index (χ3v) is 4.81. The second-order valence-corrected chi connectivity index (χ2v) is 7.25. The standard InChI is InChI=1S/C18H25N3O6S/c1-11-3-2-4-12(7-11)9-28-10-14(17(25)20-8-16(23)24)21-15(22)6-5-13(19)18(26)27/h2-4,7,13-14H,5-6,8-10,19H2,1H3,(H,20,25)(H,21,22)(H,23,24)(H,26,27)/t13-,14?/m0/s1.